The van der Waals surface area contributed by atoms with Gasteiger partial charge >= 0.3 is 0 Å². The van der Waals surface area contributed by atoms with Gasteiger partial charge in [0.15, 0.2) is 5.96 Å². The Balaban J connectivity index is 0.00000320. The summed E-state index contributed by atoms with van der Waals surface area (Å²) in [5, 5.41) is 6.71. The van der Waals surface area contributed by atoms with E-state index in [0.29, 0.717) is 6.54 Å². The van der Waals surface area contributed by atoms with Crippen LogP contribution in [0.3, 0.4) is 0 Å². The number of nitrogens with one attached hydrogen (secondary N) is 2. The molecule has 2 aromatic rings. The van der Waals surface area contributed by atoms with E-state index in [1.54, 1.807) is 13.1 Å². The first kappa shape index (κ1) is 24.6. The minimum atomic E-state index is -0.187. The Morgan fingerprint density at radius 2 is 1.87 bits per heavy atom. The van der Waals surface area contributed by atoms with Crippen LogP contribution in [-0.2, 0) is 24.2 Å². The molecule has 1 fully saturated rings. The van der Waals surface area contributed by atoms with Crippen molar-refractivity contribution in [2.75, 3.05) is 39.9 Å². The molecule has 0 aromatic heterocycles. The summed E-state index contributed by atoms with van der Waals surface area (Å²) in [5.41, 5.74) is 4.67. The van der Waals surface area contributed by atoms with Gasteiger partial charge in [0.2, 0.25) is 0 Å². The fourth-order valence-corrected chi connectivity index (χ4v) is 3.52. The van der Waals surface area contributed by atoms with Gasteiger partial charge in [0, 0.05) is 39.8 Å². The van der Waals surface area contributed by atoms with Crippen molar-refractivity contribution in [2.45, 2.75) is 26.4 Å². The van der Waals surface area contributed by atoms with E-state index < -0.39 is 0 Å². The number of benzene rings is 2. The Labute approximate surface area is 196 Å². The number of ether oxygens (including phenoxy) is 1. The number of hydrogen-bond acceptors (Lipinski definition) is 3. The number of nitrogens with zero attached hydrogens (tertiary/aromatic N) is 2. The van der Waals surface area contributed by atoms with E-state index in [2.05, 4.69) is 44.8 Å². The van der Waals surface area contributed by atoms with Crippen molar-refractivity contribution < 1.29 is 9.13 Å². The lowest BCUT2D eigenvalue weighted by molar-refractivity contribution is 0.0342. The van der Waals surface area contributed by atoms with E-state index in [9.17, 15) is 4.39 Å². The molecule has 1 aliphatic heterocycles. The standard InChI is InChI=1S/C23H31FN4O.HI/c1-18-14-22(24)7-6-21(18)8-9-26-23(25-2)27-16-19-4-3-5-20(15-19)17-28-10-12-29-13-11-28;/h3-7,14-15H,8-13,16-17H2,1-2H3,(H2,25,26,27);1H. The van der Waals surface area contributed by atoms with Gasteiger partial charge < -0.3 is 15.4 Å². The van der Waals surface area contributed by atoms with Crippen LogP contribution in [0, 0.1) is 12.7 Å². The number of morpholine rings is 1. The van der Waals surface area contributed by atoms with Gasteiger partial charge in [-0.1, -0.05) is 30.3 Å². The second-order valence-electron chi connectivity index (χ2n) is 7.38. The largest absolute Gasteiger partial charge is 0.379 e. The van der Waals surface area contributed by atoms with Crippen LogP contribution in [0.25, 0.3) is 0 Å². The van der Waals surface area contributed by atoms with Gasteiger partial charge in [-0.3, -0.25) is 9.89 Å². The molecule has 0 unspecified atom stereocenters. The zero-order chi connectivity index (χ0) is 20.5. The fraction of sp³-hybridized carbons (Fsp3) is 0.435. The molecule has 0 atom stereocenters. The highest BCUT2D eigenvalue weighted by atomic mass is 127. The van der Waals surface area contributed by atoms with Crippen molar-refractivity contribution in [3.05, 3.63) is 70.5 Å². The SMILES string of the molecule is CN=C(NCCc1ccc(F)cc1C)NCc1cccc(CN2CCOCC2)c1.I. The van der Waals surface area contributed by atoms with Crippen LogP contribution < -0.4 is 10.6 Å². The highest BCUT2D eigenvalue weighted by Gasteiger charge is 2.10. The molecular formula is C23H32FIN4O. The van der Waals surface area contributed by atoms with Crippen molar-refractivity contribution in [3.63, 3.8) is 0 Å². The molecule has 30 heavy (non-hydrogen) atoms. The summed E-state index contributed by atoms with van der Waals surface area (Å²) in [6, 6.07) is 13.6. The number of halogens is 2. The number of aliphatic imine (C=N–C) groups is 1. The summed E-state index contributed by atoms with van der Waals surface area (Å²) in [5.74, 6) is 0.580. The number of guanidine groups is 1. The molecule has 7 heteroatoms. The van der Waals surface area contributed by atoms with Gasteiger partial charge in [-0.2, -0.15) is 0 Å². The van der Waals surface area contributed by atoms with E-state index in [1.165, 1.54) is 17.2 Å². The highest BCUT2D eigenvalue weighted by Crippen LogP contribution is 2.11. The maximum absolute atomic E-state index is 13.2. The molecule has 0 aliphatic carbocycles. The van der Waals surface area contributed by atoms with Crippen molar-refractivity contribution in [1.82, 2.24) is 15.5 Å². The van der Waals surface area contributed by atoms with Crippen molar-refractivity contribution >= 4 is 29.9 Å². The Bertz CT molecular complexity index is 825. The van der Waals surface area contributed by atoms with E-state index in [-0.39, 0.29) is 29.8 Å². The summed E-state index contributed by atoms with van der Waals surface area (Å²) < 4.78 is 18.6. The van der Waals surface area contributed by atoms with E-state index in [1.807, 2.05) is 13.0 Å². The normalized spacial score (nSPS) is 14.8. The van der Waals surface area contributed by atoms with E-state index >= 15 is 0 Å². The molecule has 0 radical (unpaired) electrons. The minimum Gasteiger partial charge on any atom is -0.379 e. The lowest BCUT2D eigenvalue weighted by Crippen LogP contribution is -2.38. The lowest BCUT2D eigenvalue weighted by atomic mass is 10.1. The lowest BCUT2D eigenvalue weighted by Gasteiger charge is -2.26. The zero-order valence-electron chi connectivity index (χ0n) is 17.8. The number of aryl methyl sites for hydroxylation is 1. The zero-order valence-corrected chi connectivity index (χ0v) is 20.1. The quantitative estimate of drug-likeness (QED) is 0.330. The molecule has 3 rings (SSSR count). The van der Waals surface area contributed by atoms with Crippen LogP contribution in [0.1, 0.15) is 22.3 Å². The number of hydrogen-bond donors (Lipinski definition) is 2. The van der Waals surface area contributed by atoms with Crippen molar-refractivity contribution in [3.8, 4) is 0 Å². The van der Waals surface area contributed by atoms with E-state index in [0.717, 1.165) is 62.9 Å². The second kappa shape index (κ2) is 12.9. The molecule has 2 N–H and O–H groups in total. The summed E-state index contributed by atoms with van der Waals surface area (Å²) in [6.07, 6.45) is 0.821. The monoisotopic (exact) mass is 526 g/mol. The smallest absolute Gasteiger partial charge is 0.191 e. The van der Waals surface area contributed by atoms with Gasteiger partial charge in [0.05, 0.1) is 13.2 Å². The van der Waals surface area contributed by atoms with Gasteiger partial charge in [0.25, 0.3) is 0 Å². The Kier molecular flexibility index (Phi) is 10.5. The fourth-order valence-electron chi connectivity index (χ4n) is 3.52. The van der Waals surface area contributed by atoms with Crippen molar-refractivity contribution in [1.29, 1.82) is 0 Å². The van der Waals surface area contributed by atoms with Crippen LogP contribution in [0.4, 0.5) is 4.39 Å². The molecule has 0 bridgehead atoms. The summed E-state index contributed by atoms with van der Waals surface area (Å²) >= 11 is 0. The molecule has 164 valence electrons. The van der Waals surface area contributed by atoms with Crippen LogP contribution in [-0.4, -0.2) is 50.8 Å². The Hall–Kier alpha value is -1.71. The maximum Gasteiger partial charge on any atom is 0.191 e. The molecule has 1 heterocycles. The first-order valence-electron chi connectivity index (χ1n) is 10.2. The Morgan fingerprint density at radius 3 is 2.60 bits per heavy atom. The average molecular weight is 526 g/mol. The minimum absolute atomic E-state index is 0. The predicted molar refractivity (Wildman–Crippen MR) is 131 cm³/mol. The van der Waals surface area contributed by atoms with Gasteiger partial charge in [-0.15, -0.1) is 24.0 Å². The first-order chi connectivity index (χ1) is 14.1. The third-order valence-corrected chi connectivity index (χ3v) is 5.18. The van der Waals surface area contributed by atoms with Crippen LogP contribution >= 0.6 is 24.0 Å². The molecule has 0 saturated carbocycles. The molecule has 1 aliphatic rings. The van der Waals surface area contributed by atoms with Crippen molar-refractivity contribution in [2.24, 2.45) is 4.99 Å². The summed E-state index contributed by atoms with van der Waals surface area (Å²) in [7, 11) is 1.77. The van der Waals surface area contributed by atoms with Gasteiger partial charge in [-0.05, 0) is 47.7 Å². The maximum atomic E-state index is 13.2. The topological polar surface area (TPSA) is 48.9 Å². The Morgan fingerprint density at radius 1 is 1.10 bits per heavy atom. The van der Waals surface area contributed by atoms with Gasteiger partial charge in [-0.25, -0.2) is 4.39 Å². The van der Waals surface area contributed by atoms with Crippen LogP contribution in [0.5, 0.6) is 0 Å². The predicted octanol–water partition coefficient (Wildman–Crippen LogP) is 3.49. The summed E-state index contributed by atoms with van der Waals surface area (Å²) in [6.45, 7) is 7.98. The van der Waals surface area contributed by atoms with E-state index in [4.69, 9.17) is 4.74 Å². The molecule has 0 spiro atoms. The molecule has 2 aromatic carbocycles. The number of rotatable bonds is 7. The van der Waals surface area contributed by atoms with Crippen LogP contribution in [0.15, 0.2) is 47.5 Å². The molecule has 5 nitrogen and oxygen atoms in total. The first-order valence-corrected chi connectivity index (χ1v) is 10.2. The summed E-state index contributed by atoms with van der Waals surface area (Å²) in [4.78, 5) is 6.72. The third-order valence-electron chi connectivity index (χ3n) is 5.18. The third kappa shape index (κ3) is 7.85. The van der Waals surface area contributed by atoms with Gasteiger partial charge in [0.1, 0.15) is 5.82 Å². The highest BCUT2D eigenvalue weighted by molar-refractivity contribution is 14.0. The average Bonchev–Trinajstić information content (AvgIpc) is 2.73. The van der Waals surface area contributed by atoms with Crippen LogP contribution in [0.2, 0.25) is 0 Å². The molecule has 1 saturated heterocycles. The second-order valence-corrected chi connectivity index (χ2v) is 7.38. The molecule has 0 amide bonds. The molecular weight excluding hydrogens is 494 g/mol.